The Morgan fingerprint density at radius 3 is 2.47 bits per heavy atom. The molecule has 4 rings (SSSR count). The summed E-state index contributed by atoms with van der Waals surface area (Å²) < 4.78 is 56.3. The summed E-state index contributed by atoms with van der Waals surface area (Å²) in [4.78, 5) is 32.6. The van der Waals surface area contributed by atoms with E-state index in [1.165, 1.54) is 18.3 Å². The average molecular weight is 529 g/mol. The molecule has 0 radical (unpaired) electrons. The molecule has 2 aromatic heterocycles. The maximum atomic E-state index is 15.5. The molecule has 1 aliphatic rings. The first-order chi connectivity index (χ1) is 17.9. The van der Waals surface area contributed by atoms with Gasteiger partial charge in [-0.05, 0) is 44.5 Å². The number of aromatic nitrogens is 2. The molecule has 2 atom stereocenters. The van der Waals surface area contributed by atoms with Gasteiger partial charge < -0.3 is 20.5 Å². The number of rotatable bonds is 4. The third-order valence-corrected chi connectivity index (χ3v) is 6.20. The van der Waals surface area contributed by atoms with Crippen molar-refractivity contribution in [2.75, 3.05) is 23.3 Å². The third kappa shape index (κ3) is 5.52. The van der Waals surface area contributed by atoms with Gasteiger partial charge in [0.1, 0.15) is 17.6 Å². The number of pyridine rings is 2. The van der Waals surface area contributed by atoms with E-state index >= 15 is 4.39 Å². The second-order valence-corrected chi connectivity index (χ2v) is 9.30. The van der Waals surface area contributed by atoms with Gasteiger partial charge in [0.05, 0.1) is 22.5 Å². The highest BCUT2D eigenvalue weighted by molar-refractivity contribution is 6.07. The minimum absolute atomic E-state index is 0.0199. The van der Waals surface area contributed by atoms with Crippen LogP contribution in [-0.2, 0) is 6.18 Å². The molecule has 0 bridgehead atoms. The van der Waals surface area contributed by atoms with E-state index in [2.05, 4.69) is 20.6 Å². The lowest BCUT2D eigenvalue weighted by Gasteiger charge is -2.38. The van der Waals surface area contributed by atoms with Gasteiger partial charge in [0.25, 0.3) is 5.91 Å². The summed E-state index contributed by atoms with van der Waals surface area (Å²) in [5.41, 5.74) is -1.78. The minimum atomic E-state index is -4.95. The number of carbonyl (C=O) groups excluding carboxylic acids is 1. The fraction of sp³-hybridized carbons (Fsp3) is 0.308. The third-order valence-electron chi connectivity index (χ3n) is 6.20. The van der Waals surface area contributed by atoms with E-state index in [0.717, 1.165) is 0 Å². The van der Waals surface area contributed by atoms with E-state index in [1.807, 2.05) is 24.8 Å². The first-order valence-electron chi connectivity index (χ1n) is 11.7. The van der Waals surface area contributed by atoms with Gasteiger partial charge in [-0.1, -0.05) is 0 Å². The number of alkyl halides is 3. The van der Waals surface area contributed by atoms with E-state index in [0.29, 0.717) is 36.5 Å². The van der Waals surface area contributed by atoms with Crippen molar-refractivity contribution in [3.05, 3.63) is 75.2 Å². The van der Waals surface area contributed by atoms with Crippen LogP contribution in [0.25, 0.3) is 11.1 Å². The number of benzene rings is 1. The number of anilines is 2. The minimum Gasteiger partial charge on any atom is -0.367 e. The van der Waals surface area contributed by atoms with Crippen LogP contribution in [-0.4, -0.2) is 41.0 Å². The van der Waals surface area contributed by atoms with Crippen molar-refractivity contribution in [2.45, 2.75) is 39.0 Å². The van der Waals surface area contributed by atoms with Crippen LogP contribution < -0.4 is 21.1 Å². The molecular formula is C26H24F4N6O2. The number of nitrogens with one attached hydrogen (secondary N) is 3. The molecule has 0 aliphatic carbocycles. The highest BCUT2D eigenvalue weighted by Crippen LogP contribution is 2.37. The largest absolute Gasteiger partial charge is 0.417 e. The molecule has 3 aromatic rings. The molecule has 1 fully saturated rings. The summed E-state index contributed by atoms with van der Waals surface area (Å²) in [5, 5.41) is 15.0. The summed E-state index contributed by atoms with van der Waals surface area (Å²) in [6.45, 7) is 6.42. The number of halogens is 4. The Morgan fingerprint density at radius 1 is 1.18 bits per heavy atom. The summed E-state index contributed by atoms with van der Waals surface area (Å²) in [7, 11) is 0. The molecule has 3 heterocycles. The molecule has 0 unspecified atom stereocenters. The molecular weight excluding hydrogens is 504 g/mol. The normalized spacial score (nSPS) is 17.7. The van der Waals surface area contributed by atoms with E-state index in [9.17, 15) is 22.8 Å². The van der Waals surface area contributed by atoms with E-state index in [-0.39, 0.29) is 34.7 Å². The fourth-order valence-corrected chi connectivity index (χ4v) is 4.59. The quantitative estimate of drug-likeness (QED) is 0.437. The second-order valence-electron chi connectivity index (χ2n) is 9.30. The number of aryl methyl sites for hydroxylation is 1. The molecule has 3 N–H and O–H groups in total. The van der Waals surface area contributed by atoms with Gasteiger partial charge in [0, 0.05) is 54.8 Å². The first kappa shape index (κ1) is 26.8. The van der Waals surface area contributed by atoms with Crippen LogP contribution in [0.1, 0.15) is 41.0 Å². The average Bonchev–Trinajstić information content (AvgIpc) is 2.83. The molecule has 0 saturated carbocycles. The van der Waals surface area contributed by atoms with Gasteiger partial charge in [-0.15, -0.1) is 0 Å². The molecule has 198 valence electrons. The number of nitriles is 1. The molecule has 12 heteroatoms. The van der Waals surface area contributed by atoms with Crippen molar-refractivity contribution in [1.82, 2.24) is 15.3 Å². The van der Waals surface area contributed by atoms with Crippen LogP contribution in [0, 0.1) is 24.1 Å². The zero-order chi connectivity index (χ0) is 27.8. The summed E-state index contributed by atoms with van der Waals surface area (Å²) >= 11 is 0. The zero-order valence-corrected chi connectivity index (χ0v) is 20.7. The molecule has 1 aliphatic heterocycles. The lowest BCUT2D eigenvalue weighted by Crippen LogP contribution is -2.54. The molecule has 38 heavy (non-hydrogen) atoms. The number of hydrogen-bond donors (Lipinski definition) is 3. The topological polar surface area (TPSA) is 114 Å². The van der Waals surface area contributed by atoms with Crippen molar-refractivity contribution >= 4 is 17.3 Å². The first-order valence-corrected chi connectivity index (χ1v) is 11.7. The van der Waals surface area contributed by atoms with E-state index in [1.54, 1.807) is 13.0 Å². The number of amides is 1. The molecule has 1 saturated heterocycles. The number of nitrogens with zero attached hydrogens (tertiary/aromatic N) is 3. The highest BCUT2D eigenvalue weighted by atomic mass is 19.4. The van der Waals surface area contributed by atoms with Crippen LogP contribution in [0.2, 0.25) is 0 Å². The molecule has 1 amide bonds. The zero-order valence-electron chi connectivity index (χ0n) is 20.7. The lowest BCUT2D eigenvalue weighted by atomic mass is 10.0. The van der Waals surface area contributed by atoms with E-state index in [4.69, 9.17) is 5.26 Å². The van der Waals surface area contributed by atoms with E-state index < -0.39 is 34.6 Å². The maximum Gasteiger partial charge on any atom is 0.417 e. The fourth-order valence-electron chi connectivity index (χ4n) is 4.59. The van der Waals surface area contributed by atoms with Crippen molar-refractivity contribution in [2.24, 2.45) is 0 Å². The Balaban J connectivity index is 1.84. The monoisotopic (exact) mass is 528 g/mol. The van der Waals surface area contributed by atoms with Crippen LogP contribution in [0.5, 0.6) is 0 Å². The van der Waals surface area contributed by atoms with Gasteiger partial charge in [-0.25, -0.2) is 9.37 Å². The summed E-state index contributed by atoms with van der Waals surface area (Å²) in [6, 6.07) is 6.41. The van der Waals surface area contributed by atoms with Gasteiger partial charge in [0.2, 0.25) is 5.56 Å². The number of hydrogen-bond acceptors (Lipinski definition) is 6. The Hall–Kier alpha value is -4.24. The van der Waals surface area contributed by atoms with Gasteiger partial charge >= 0.3 is 6.18 Å². The van der Waals surface area contributed by atoms with Crippen LogP contribution >= 0.6 is 0 Å². The van der Waals surface area contributed by atoms with Crippen LogP contribution in [0.3, 0.4) is 0 Å². The van der Waals surface area contributed by atoms with Crippen molar-refractivity contribution in [1.29, 1.82) is 5.26 Å². The standard InChI is InChI=1S/C26H24F4N6O2/c1-13-4-16(9-32-22(13)8-31)17-5-21(23(7-20(17)27)36-11-14(2)34-15(3)12-36)35-25(38)18-10-33-24(37)6-19(18)26(28,29)30/h4-7,9-10,14-15,34H,11-12H2,1-3H3,(H,33,37)(H,35,38)/t14-,15+. The van der Waals surface area contributed by atoms with Gasteiger partial charge in [-0.3, -0.25) is 9.59 Å². The maximum absolute atomic E-state index is 15.5. The Morgan fingerprint density at radius 2 is 1.87 bits per heavy atom. The predicted octanol–water partition coefficient (Wildman–Crippen LogP) is 4.21. The van der Waals surface area contributed by atoms with Gasteiger partial charge in [-0.2, -0.15) is 18.4 Å². The van der Waals surface area contributed by atoms with Crippen molar-refractivity contribution in [3.8, 4) is 17.2 Å². The lowest BCUT2D eigenvalue weighted by molar-refractivity contribution is -0.138. The van der Waals surface area contributed by atoms with Gasteiger partial charge in [0.15, 0.2) is 0 Å². The van der Waals surface area contributed by atoms with Crippen LogP contribution in [0.4, 0.5) is 28.9 Å². The summed E-state index contributed by atoms with van der Waals surface area (Å²) in [6.07, 6.45) is -2.94. The van der Waals surface area contributed by atoms with Crippen molar-refractivity contribution < 1.29 is 22.4 Å². The molecule has 1 aromatic carbocycles. The second kappa shape index (κ2) is 10.3. The number of carbonyl (C=O) groups is 1. The summed E-state index contributed by atoms with van der Waals surface area (Å²) in [5.74, 6) is -1.76. The Labute approximate surface area is 215 Å². The molecule has 0 spiro atoms. The SMILES string of the molecule is Cc1cc(-c2cc(NC(=O)c3c[nH]c(=O)cc3C(F)(F)F)c(N3C[C@@H](C)N[C@@H](C)C3)cc2F)cnc1C#N. The highest BCUT2D eigenvalue weighted by Gasteiger charge is 2.36. The predicted molar refractivity (Wildman–Crippen MR) is 133 cm³/mol. The van der Waals surface area contributed by atoms with Crippen LogP contribution in [0.15, 0.2) is 41.5 Å². The Bertz CT molecular complexity index is 1480. The number of H-pyrrole nitrogens is 1. The Kier molecular flexibility index (Phi) is 7.24. The smallest absolute Gasteiger partial charge is 0.367 e. The molecule has 8 nitrogen and oxygen atoms in total. The van der Waals surface area contributed by atoms with Crippen molar-refractivity contribution in [3.63, 3.8) is 0 Å². The number of piperazine rings is 1. The number of aromatic amines is 1.